The molecule has 0 aliphatic carbocycles. The van der Waals surface area contributed by atoms with E-state index in [9.17, 15) is 4.79 Å². The van der Waals surface area contributed by atoms with Crippen molar-refractivity contribution in [2.24, 2.45) is 4.99 Å². The van der Waals surface area contributed by atoms with Crippen LogP contribution in [0.1, 0.15) is 16.7 Å². The first kappa shape index (κ1) is 27.6. The second-order valence-corrected chi connectivity index (χ2v) is 10.1. The van der Waals surface area contributed by atoms with Crippen LogP contribution in [0.3, 0.4) is 0 Å². The lowest BCUT2D eigenvalue weighted by Gasteiger charge is -2.34. The number of halogens is 1. The molecule has 12 heteroatoms. The molecule has 40 heavy (non-hydrogen) atoms. The predicted octanol–water partition coefficient (Wildman–Crippen LogP) is 3.00. The van der Waals surface area contributed by atoms with E-state index >= 15 is 0 Å². The molecule has 0 saturated carbocycles. The van der Waals surface area contributed by atoms with Crippen LogP contribution in [0.25, 0.3) is 0 Å². The van der Waals surface area contributed by atoms with Gasteiger partial charge in [0.25, 0.3) is 11.9 Å². The summed E-state index contributed by atoms with van der Waals surface area (Å²) in [6, 6.07) is 9.08. The van der Waals surface area contributed by atoms with Crippen molar-refractivity contribution in [3.63, 3.8) is 0 Å². The molecule has 1 amide bonds. The normalized spacial score (nSPS) is 16.9. The van der Waals surface area contributed by atoms with Crippen LogP contribution < -0.4 is 24.8 Å². The molecule has 1 saturated heterocycles. The van der Waals surface area contributed by atoms with Gasteiger partial charge in [-0.2, -0.15) is 4.98 Å². The maximum atomic E-state index is 13.6. The molecule has 11 nitrogen and oxygen atoms in total. The lowest BCUT2D eigenvalue weighted by Crippen LogP contribution is -2.49. The van der Waals surface area contributed by atoms with Gasteiger partial charge >= 0.3 is 0 Å². The summed E-state index contributed by atoms with van der Waals surface area (Å²) in [5.41, 5.74) is 9.54. The van der Waals surface area contributed by atoms with Crippen molar-refractivity contribution >= 4 is 40.7 Å². The van der Waals surface area contributed by atoms with Crippen LogP contribution in [0.4, 0.5) is 17.5 Å². The van der Waals surface area contributed by atoms with Crippen molar-refractivity contribution in [3.05, 3.63) is 58.2 Å². The molecule has 0 unspecified atom stereocenters. The van der Waals surface area contributed by atoms with Crippen molar-refractivity contribution in [2.45, 2.75) is 6.42 Å². The van der Waals surface area contributed by atoms with Gasteiger partial charge in [-0.25, -0.2) is 9.98 Å². The third-order valence-electron chi connectivity index (χ3n) is 7.11. The molecule has 1 fully saturated rings. The average molecular weight is 566 g/mol. The Bertz CT molecular complexity index is 1430. The largest absolute Gasteiger partial charge is 0.493 e. The number of anilines is 2. The van der Waals surface area contributed by atoms with Gasteiger partial charge in [0, 0.05) is 54.9 Å². The first-order chi connectivity index (χ1) is 19.3. The SMILES string of the molecule is COc1cc(Cc2cnc(/N=C3\C(=O)N(CN4CCN(C)CC4)c4ccc(Cl)cc43)nc2N)cc(OC)c1OC. The van der Waals surface area contributed by atoms with Crippen molar-refractivity contribution in [3.8, 4) is 17.2 Å². The Morgan fingerprint density at radius 2 is 1.73 bits per heavy atom. The Hall–Kier alpha value is -3.93. The molecule has 3 aromatic rings. The molecule has 210 valence electrons. The van der Waals surface area contributed by atoms with Gasteiger partial charge < -0.3 is 24.8 Å². The molecule has 2 aliphatic heterocycles. The maximum Gasteiger partial charge on any atom is 0.278 e. The lowest BCUT2D eigenvalue weighted by molar-refractivity contribution is -0.112. The number of likely N-dealkylation sites (N-methyl/N-ethyl adjacent to an activating group) is 1. The van der Waals surface area contributed by atoms with Gasteiger partial charge in [0.05, 0.1) is 33.7 Å². The van der Waals surface area contributed by atoms with Crippen LogP contribution in [-0.2, 0) is 11.2 Å². The topological polar surface area (TPSA) is 119 Å². The van der Waals surface area contributed by atoms with E-state index in [0.717, 1.165) is 37.4 Å². The summed E-state index contributed by atoms with van der Waals surface area (Å²) in [4.78, 5) is 33.2. The predicted molar refractivity (Wildman–Crippen MR) is 154 cm³/mol. The first-order valence-electron chi connectivity index (χ1n) is 12.8. The number of hydrogen-bond acceptors (Lipinski definition) is 10. The minimum absolute atomic E-state index is 0.0989. The van der Waals surface area contributed by atoms with Gasteiger partial charge in [0.15, 0.2) is 11.5 Å². The number of aromatic nitrogens is 2. The molecule has 0 radical (unpaired) electrons. The van der Waals surface area contributed by atoms with Crippen molar-refractivity contribution < 1.29 is 19.0 Å². The van der Waals surface area contributed by atoms with Gasteiger partial charge in [-0.3, -0.25) is 14.6 Å². The fourth-order valence-electron chi connectivity index (χ4n) is 4.88. The zero-order valence-electron chi connectivity index (χ0n) is 23.0. The Balaban J connectivity index is 1.41. The second kappa shape index (κ2) is 11.7. The number of nitrogens with zero attached hydrogens (tertiary/aromatic N) is 6. The number of carbonyl (C=O) groups is 1. The van der Waals surface area contributed by atoms with E-state index in [-0.39, 0.29) is 23.4 Å². The molecule has 2 N–H and O–H groups in total. The molecule has 0 spiro atoms. The Morgan fingerprint density at radius 3 is 2.35 bits per heavy atom. The molecule has 0 atom stereocenters. The number of carbonyl (C=O) groups excluding carboxylic acids is 1. The number of aliphatic imine (C=N–C) groups is 1. The highest BCUT2D eigenvalue weighted by atomic mass is 35.5. The summed E-state index contributed by atoms with van der Waals surface area (Å²) in [7, 11) is 6.78. The molecule has 2 aromatic carbocycles. The molecule has 1 aromatic heterocycles. The summed E-state index contributed by atoms with van der Waals surface area (Å²) < 4.78 is 16.3. The molecule has 0 bridgehead atoms. The van der Waals surface area contributed by atoms with Crippen LogP contribution in [0.15, 0.2) is 41.5 Å². The van der Waals surface area contributed by atoms with E-state index in [1.807, 2.05) is 18.2 Å². The summed E-state index contributed by atoms with van der Waals surface area (Å²) in [5, 5.41) is 0.516. The van der Waals surface area contributed by atoms with Gasteiger partial charge in [0.1, 0.15) is 11.5 Å². The number of hydrogen-bond donors (Lipinski definition) is 1. The van der Waals surface area contributed by atoms with E-state index in [2.05, 4.69) is 31.8 Å². The third kappa shape index (κ3) is 5.53. The Kier molecular flexibility index (Phi) is 8.06. The van der Waals surface area contributed by atoms with Gasteiger partial charge in [-0.05, 0) is 42.9 Å². The number of piperazine rings is 1. The van der Waals surface area contributed by atoms with Crippen LogP contribution in [0.5, 0.6) is 17.2 Å². The summed E-state index contributed by atoms with van der Waals surface area (Å²) in [6.45, 7) is 4.13. The molecule has 3 heterocycles. The minimum atomic E-state index is -0.222. The van der Waals surface area contributed by atoms with Gasteiger partial charge in [0.2, 0.25) is 5.75 Å². The van der Waals surface area contributed by atoms with Crippen molar-refractivity contribution in [2.75, 3.05) is 71.9 Å². The molecule has 2 aliphatic rings. The molecular weight excluding hydrogens is 534 g/mol. The highest BCUT2D eigenvalue weighted by Crippen LogP contribution is 2.39. The van der Waals surface area contributed by atoms with E-state index < -0.39 is 0 Å². The number of nitrogen functional groups attached to an aromatic ring is 1. The van der Waals surface area contributed by atoms with E-state index in [0.29, 0.717) is 46.5 Å². The van der Waals surface area contributed by atoms with E-state index in [1.165, 1.54) is 0 Å². The van der Waals surface area contributed by atoms with Crippen LogP contribution in [0.2, 0.25) is 5.02 Å². The van der Waals surface area contributed by atoms with E-state index in [1.54, 1.807) is 44.6 Å². The van der Waals surface area contributed by atoms with Crippen LogP contribution >= 0.6 is 11.6 Å². The lowest BCUT2D eigenvalue weighted by atomic mass is 10.1. The second-order valence-electron chi connectivity index (χ2n) is 9.71. The number of ether oxygens (including phenoxy) is 3. The standard InChI is InChI=1S/C28H32ClN7O4/c1-34-7-9-35(10-8-34)16-36-21-6-5-19(29)14-20(21)24(27(36)37)32-28-31-15-18(26(30)33-28)11-17-12-22(38-2)25(40-4)23(13-17)39-3/h5-6,12-15H,7-11,16H2,1-4H3,(H2,30,31,33)/b32-24-. The Morgan fingerprint density at radius 1 is 1.02 bits per heavy atom. The van der Waals surface area contributed by atoms with Crippen molar-refractivity contribution in [1.29, 1.82) is 0 Å². The van der Waals surface area contributed by atoms with Gasteiger partial charge in [-0.15, -0.1) is 0 Å². The highest BCUT2D eigenvalue weighted by Gasteiger charge is 2.36. The molecular formula is C28H32ClN7O4. The monoisotopic (exact) mass is 565 g/mol. The quantitative estimate of drug-likeness (QED) is 0.439. The number of rotatable bonds is 8. The number of nitrogens with two attached hydrogens (primary N) is 1. The summed E-state index contributed by atoms with van der Waals surface area (Å²) >= 11 is 6.30. The smallest absolute Gasteiger partial charge is 0.278 e. The summed E-state index contributed by atoms with van der Waals surface area (Å²) in [6.07, 6.45) is 2.04. The van der Waals surface area contributed by atoms with Gasteiger partial charge in [-0.1, -0.05) is 11.6 Å². The third-order valence-corrected chi connectivity index (χ3v) is 7.34. The fourth-order valence-corrected chi connectivity index (χ4v) is 5.05. The van der Waals surface area contributed by atoms with Crippen LogP contribution in [-0.4, -0.2) is 92.6 Å². The Labute approximate surface area is 238 Å². The maximum absolute atomic E-state index is 13.6. The van der Waals surface area contributed by atoms with E-state index in [4.69, 9.17) is 31.5 Å². The number of fused-ring (bicyclic) bond motifs is 1. The fraction of sp³-hybridized carbons (Fsp3) is 0.357. The minimum Gasteiger partial charge on any atom is -0.493 e. The van der Waals surface area contributed by atoms with Crippen molar-refractivity contribution in [1.82, 2.24) is 19.8 Å². The summed E-state index contributed by atoms with van der Waals surface area (Å²) in [5.74, 6) is 1.72. The molecule has 5 rings (SSSR count). The van der Waals surface area contributed by atoms with Crippen LogP contribution in [0, 0.1) is 0 Å². The first-order valence-corrected chi connectivity index (χ1v) is 13.2. The highest BCUT2D eigenvalue weighted by molar-refractivity contribution is 6.55. The number of benzene rings is 2. The number of amides is 1. The zero-order chi connectivity index (χ0) is 28.4. The zero-order valence-corrected chi connectivity index (χ0v) is 23.7. The number of methoxy groups -OCH3 is 3. The average Bonchev–Trinajstić information content (AvgIpc) is 3.20.